The number of benzene rings is 3. The van der Waals surface area contributed by atoms with Gasteiger partial charge in [0.2, 0.25) is 0 Å². The normalized spacial score (nSPS) is 15.9. The molecule has 2 aliphatic rings. The number of hydrogen-bond acceptors (Lipinski definition) is 0. The monoisotopic (exact) mass is 458 g/mol. The number of rotatable bonds is 6. The van der Waals surface area contributed by atoms with Gasteiger partial charge in [-0.2, -0.15) is 0 Å². The molecule has 2 aliphatic carbocycles. The van der Waals surface area contributed by atoms with Crippen molar-refractivity contribution in [3.8, 4) is 11.1 Å². The lowest BCUT2D eigenvalue weighted by molar-refractivity contribution is 0.443. The summed E-state index contributed by atoms with van der Waals surface area (Å²) < 4.78 is 0. The Hall–Kier alpha value is -3.12. The van der Waals surface area contributed by atoms with Gasteiger partial charge in [0, 0.05) is 0 Å². The van der Waals surface area contributed by atoms with E-state index in [1.54, 1.807) is 0 Å². The minimum Gasteiger partial charge on any atom is -0.0950 e. The lowest BCUT2D eigenvalue weighted by Crippen LogP contribution is -2.06. The first-order valence-corrected chi connectivity index (χ1v) is 13.4. The molecule has 178 valence electrons. The molecule has 0 bridgehead atoms. The molecule has 0 aliphatic heterocycles. The molecular weight excluding hydrogens is 420 g/mol. The van der Waals surface area contributed by atoms with Gasteiger partial charge < -0.3 is 0 Å². The van der Waals surface area contributed by atoms with E-state index < -0.39 is 0 Å². The Balaban J connectivity index is 1.53. The van der Waals surface area contributed by atoms with E-state index in [4.69, 9.17) is 0 Å². The first-order valence-electron chi connectivity index (χ1n) is 13.4. The van der Waals surface area contributed by atoms with Gasteiger partial charge in [-0.05, 0) is 93.2 Å². The smallest absolute Gasteiger partial charge is 0.00254 e. The number of hydrogen-bond donors (Lipinski definition) is 0. The Bertz CT molecular complexity index is 1260. The number of fused-ring (bicyclic) bond motifs is 1. The summed E-state index contributed by atoms with van der Waals surface area (Å²) in [7, 11) is 0. The Morgan fingerprint density at radius 1 is 0.886 bits per heavy atom. The average Bonchev–Trinajstić information content (AvgIpc) is 2.89. The van der Waals surface area contributed by atoms with Crippen LogP contribution in [0.4, 0.5) is 0 Å². The van der Waals surface area contributed by atoms with E-state index in [-0.39, 0.29) is 0 Å². The minimum atomic E-state index is 0.470. The maximum absolute atomic E-state index is 4.33. The number of allylic oxidation sites excluding steroid dienone is 3. The van der Waals surface area contributed by atoms with Crippen molar-refractivity contribution in [2.75, 3.05) is 0 Å². The zero-order chi connectivity index (χ0) is 24.4. The molecule has 3 aromatic rings. The van der Waals surface area contributed by atoms with Crippen molar-refractivity contribution in [2.45, 2.75) is 64.7 Å². The van der Waals surface area contributed by atoms with Gasteiger partial charge in [-0.3, -0.25) is 0 Å². The summed E-state index contributed by atoms with van der Waals surface area (Å²) in [6, 6.07) is 23.2. The predicted octanol–water partition coefficient (Wildman–Crippen LogP) is 10.1. The average molecular weight is 459 g/mol. The molecule has 1 fully saturated rings. The fraction of sp³-hybridized carbons (Fsp3) is 0.314. The fourth-order valence-electron chi connectivity index (χ4n) is 5.79. The third kappa shape index (κ3) is 5.13. The molecule has 0 heteroatoms. The summed E-state index contributed by atoms with van der Waals surface area (Å²) in [5, 5.41) is 0. The molecule has 0 unspecified atom stereocenters. The van der Waals surface area contributed by atoms with Crippen LogP contribution >= 0.6 is 0 Å². The van der Waals surface area contributed by atoms with Gasteiger partial charge in [0.05, 0.1) is 0 Å². The first-order chi connectivity index (χ1) is 17.0. The predicted molar refractivity (Wildman–Crippen MR) is 154 cm³/mol. The van der Waals surface area contributed by atoms with Crippen molar-refractivity contribution < 1.29 is 0 Å². The van der Waals surface area contributed by atoms with Crippen molar-refractivity contribution in [2.24, 2.45) is 5.92 Å². The lowest BCUT2D eigenvalue weighted by atomic mass is 9.81. The van der Waals surface area contributed by atoms with Gasteiger partial charge in [-0.15, -0.1) is 0 Å². The Morgan fingerprint density at radius 2 is 1.63 bits per heavy atom. The summed E-state index contributed by atoms with van der Waals surface area (Å²) in [5.41, 5.74) is 13.3. The fourth-order valence-corrected chi connectivity index (χ4v) is 5.79. The minimum absolute atomic E-state index is 0.470. The van der Waals surface area contributed by atoms with Crippen LogP contribution in [0.1, 0.15) is 91.7 Å². The van der Waals surface area contributed by atoms with Crippen LogP contribution in [0.3, 0.4) is 0 Å². The van der Waals surface area contributed by atoms with Crippen LogP contribution in [0.2, 0.25) is 0 Å². The molecule has 0 nitrogen and oxygen atoms in total. The van der Waals surface area contributed by atoms with Gasteiger partial charge in [0.1, 0.15) is 0 Å². The van der Waals surface area contributed by atoms with E-state index in [1.807, 2.05) is 0 Å². The molecule has 0 N–H and O–H groups in total. The second-order valence-corrected chi connectivity index (χ2v) is 10.8. The van der Waals surface area contributed by atoms with Crippen LogP contribution in [-0.4, -0.2) is 0 Å². The highest BCUT2D eigenvalue weighted by molar-refractivity contribution is 5.87. The Labute approximate surface area is 212 Å². The van der Waals surface area contributed by atoms with Crippen molar-refractivity contribution >= 4 is 17.2 Å². The summed E-state index contributed by atoms with van der Waals surface area (Å²) in [6.45, 7) is 13.0. The molecular formula is C35H38. The van der Waals surface area contributed by atoms with Gasteiger partial charge >= 0.3 is 0 Å². The molecule has 35 heavy (non-hydrogen) atoms. The molecule has 0 saturated heterocycles. The molecule has 0 spiro atoms. The van der Waals surface area contributed by atoms with Crippen LogP contribution in [0.15, 0.2) is 79.9 Å². The highest BCUT2D eigenvalue weighted by atomic mass is 14.2. The van der Waals surface area contributed by atoms with Crippen LogP contribution < -0.4 is 0 Å². The topological polar surface area (TPSA) is 0 Å². The van der Waals surface area contributed by atoms with E-state index in [0.29, 0.717) is 11.8 Å². The van der Waals surface area contributed by atoms with Crippen LogP contribution in [0, 0.1) is 5.92 Å². The highest BCUT2D eigenvalue weighted by Crippen LogP contribution is 2.39. The van der Waals surface area contributed by atoms with Crippen molar-refractivity contribution in [1.29, 1.82) is 0 Å². The Kier molecular flexibility index (Phi) is 6.91. The quantitative estimate of drug-likeness (QED) is 0.345. The summed E-state index contributed by atoms with van der Waals surface area (Å²) >= 11 is 0. The molecule has 0 aromatic heterocycles. The van der Waals surface area contributed by atoms with E-state index in [1.165, 1.54) is 87.8 Å². The van der Waals surface area contributed by atoms with E-state index in [0.717, 1.165) is 12.8 Å². The molecule has 5 rings (SSSR count). The van der Waals surface area contributed by atoms with Gasteiger partial charge in [-0.1, -0.05) is 119 Å². The van der Waals surface area contributed by atoms with Gasteiger partial charge in [0.25, 0.3) is 0 Å². The third-order valence-electron chi connectivity index (χ3n) is 7.97. The summed E-state index contributed by atoms with van der Waals surface area (Å²) in [6.07, 6.45) is 13.2. The third-order valence-corrected chi connectivity index (χ3v) is 7.97. The summed E-state index contributed by atoms with van der Waals surface area (Å²) in [5.74, 6) is 1.15. The molecule has 3 aromatic carbocycles. The molecule has 0 heterocycles. The zero-order valence-electron chi connectivity index (χ0n) is 21.4. The first kappa shape index (κ1) is 23.6. The van der Waals surface area contributed by atoms with Crippen molar-refractivity contribution in [3.63, 3.8) is 0 Å². The largest absolute Gasteiger partial charge is 0.0950 e. The van der Waals surface area contributed by atoms with Crippen LogP contribution in [0.5, 0.6) is 0 Å². The second-order valence-electron chi connectivity index (χ2n) is 10.8. The van der Waals surface area contributed by atoms with E-state index in [9.17, 15) is 0 Å². The van der Waals surface area contributed by atoms with E-state index in [2.05, 4.69) is 99.8 Å². The van der Waals surface area contributed by atoms with Crippen molar-refractivity contribution in [3.05, 3.63) is 113 Å². The van der Waals surface area contributed by atoms with Crippen molar-refractivity contribution in [1.82, 2.24) is 0 Å². The van der Waals surface area contributed by atoms with Crippen LogP contribution in [-0.2, 0) is 6.42 Å². The molecule has 0 radical (unpaired) electrons. The Morgan fingerprint density at radius 3 is 2.37 bits per heavy atom. The van der Waals surface area contributed by atoms with E-state index >= 15 is 0 Å². The molecule has 1 saturated carbocycles. The second kappa shape index (κ2) is 10.2. The molecule has 0 atom stereocenters. The molecule has 0 amide bonds. The standard InChI is InChI=1S/C35H38/c1-24(2)26(4)29-18-16-27(17-19-29)20-28-21-31(30-11-6-5-7-12-30)23-32(22-28)34-14-9-13-33-25(3)10-8-15-35(33)34/h8-9,13-19,21-24,30H,3-7,10-12,20H2,1-2H3. The maximum atomic E-state index is 4.33. The lowest BCUT2D eigenvalue weighted by Gasteiger charge is -2.24. The van der Waals surface area contributed by atoms with Crippen LogP contribution in [0.25, 0.3) is 28.3 Å². The summed E-state index contributed by atoms with van der Waals surface area (Å²) in [4.78, 5) is 0. The van der Waals surface area contributed by atoms with Gasteiger partial charge in [0.15, 0.2) is 0 Å². The highest BCUT2D eigenvalue weighted by Gasteiger charge is 2.19. The zero-order valence-corrected chi connectivity index (χ0v) is 21.4. The maximum Gasteiger partial charge on any atom is -0.00254 e. The van der Waals surface area contributed by atoms with Gasteiger partial charge in [-0.25, -0.2) is 0 Å². The SMILES string of the molecule is C=C1CC=Cc2c1cccc2-c1cc(Cc2ccc(C(=C)C(C)C)cc2)cc(C2CCCCC2)c1.